The number of anilines is 1. The van der Waals surface area contributed by atoms with Gasteiger partial charge in [0.25, 0.3) is 0 Å². The van der Waals surface area contributed by atoms with Gasteiger partial charge in [0.15, 0.2) is 11.5 Å². The highest BCUT2D eigenvalue weighted by Gasteiger charge is 2.10. The number of aromatic hydroxyl groups is 1. The number of phenolic OH excluding ortho intramolecular Hbond substituents is 1. The zero-order chi connectivity index (χ0) is 20.5. The minimum atomic E-state index is -0.480. The first-order valence-corrected chi connectivity index (χ1v) is 8.79. The lowest BCUT2D eigenvalue weighted by atomic mass is 10.1. The Morgan fingerprint density at radius 2 is 1.79 bits per heavy atom. The zero-order valence-corrected chi connectivity index (χ0v) is 16.2. The summed E-state index contributed by atoms with van der Waals surface area (Å²) in [6.45, 7) is 2.64. The number of methoxy groups -OCH3 is 2. The summed E-state index contributed by atoms with van der Waals surface area (Å²) in [7, 11) is 2.87. The van der Waals surface area contributed by atoms with Gasteiger partial charge in [-0.25, -0.2) is 4.79 Å². The number of carbonyl (C=O) groups is 1. The maximum Gasteiger partial charge on any atom is 0.330 e. The van der Waals surface area contributed by atoms with Crippen LogP contribution in [0.1, 0.15) is 18.1 Å². The SMILES string of the molecule is CCOc1cc(CCOC(=O)/C=C/c2cc(OC)c(O)c(OC)c2)ccc1N. The first-order chi connectivity index (χ1) is 13.5. The van der Waals surface area contributed by atoms with E-state index in [4.69, 9.17) is 24.7 Å². The van der Waals surface area contributed by atoms with Crippen LogP contribution in [0.2, 0.25) is 0 Å². The number of hydrogen-bond donors (Lipinski definition) is 2. The van der Waals surface area contributed by atoms with Crippen molar-refractivity contribution in [2.45, 2.75) is 13.3 Å². The number of rotatable bonds is 9. The summed E-state index contributed by atoms with van der Waals surface area (Å²) >= 11 is 0. The standard InChI is InChI=1S/C21H25NO6/c1-4-27-17-11-14(5-7-16(17)22)9-10-28-20(23)8-6-15-12-18(25-2)21(24)19(13-15)26-3/h5-8,11-13,24H,4,9-10,22H2,1-3H3/b8-6+. The predicted octanol–water partition coefficient (Wildman–Crippen LogP) is 3.19. The van der Waals surface area contributed by atoms with Gasteiger partial charge in [-0.1, -0.05) is 6.07 Å². The number of nitrogen functional groups attached to an aromatic ring is 1. The molecule has 0 aromatic heterocycles. The lowest BCUT2D eigenvalue weighted by molar-refractivity contribution is -0.137. The van der Waals surface area contributed by atoms with Gasteiger partial charge in [0.05, 0.1) is 33.1 Å². The Morgan fingerprint density at radius 1 is 1.11 bits per heavy atom. The van der Waals surface area contributed by atoms with E-state index in [1.165, 1.54) is 20.3 Å². The molecular formula is C21H25NO6. The summed E-state index contributed by atoms with van der Waals surface area (Å²) in [6.07, 6.45) is 3.41. The number of ether oxygens (including phenoxy) is 4. The average molecular weight is 387 g/mol. The number of esters is 1. The summed E-state index contributed by atoms with van der Waals surface area (Å²) < 4.78 is 20.9. The second-order valence-electron chi connectivity index (χ2n) is 5.83. The number of hydrogen-bond acceptors (Lipinski definition) is 7. The molecule has 2 rings (SSSR count). The fraction of sp³-hybridized carbons (Fsp3) is 0.286. The summed E-state index contributed by atoms with van der Waals surface area (Å²) in [5.74, 6) is 0.550. The van der Waals surface area contributed by atoms with Gasteiger partial charge in [-0.05, 0) is 48.4 Å². The molecule has 7 nitrogen and oxygen atoms in total. The van der Waals surface area contributed by atoms with Crippen molar-refractivity contribution in [2.75, 3.05) is 33.2 Å². The molecule has 0 amide bonds. The van der Waals surface area contributed by atoms with E-state index in [2.05, 4.69) is 0 Å². The van der Waals surface area contributed by atoms with E-state index in [0.29, 0.717) is 30.0 Å². The predicted molar refractivity (Wildman–Crippen MR) is 107 cm³/mol. The molecule has 0 bridgehead atoms. The molecule has 150 valence electrons. The molecule has 0 spiro atoms. The number of benzene rings is 2. The van der Waals surface area contributed by atoms with E-state index < -0.39 is 5.97 Å². The summed E-state index contributed by atoms with van der Waals surface area (Å²) in [6, 6.07) is 8.66. The van der Waals surface area contributed by atoms with Crippen LogP contribution >= 0.6 is 0 Å². The van der Waals surface area contributed by atoms with Crippen molar-refractivity contribution in [1.82, 2.24) is 0 Å². The monoisotopic (exact) mass is 387 g/mol. The minimum Gasteiger partial charge on any atom is -0.502 e. The van der Waals surface area contributed by atoms with E-state index in [1.807, 2.05) is 19.1 Å². The van der Waals surface area contributed by atoms with Crippen LogP contribution in [0, 0.1) is 0 Å². The minimum absolute atomic E-state index is 0.0975. The third kappa shape index (κ3) is 5.57. The molecule has 7 heteroatoms. The van der Waals surface area contributed by atoms with E-state index in [1.54, 1.807) is 24.3 Å². The summed E-state index contributed by atoms with van der Waals surface area (Å²) in [5, 5.41) is 9.90. The molecule has 0 aliphatic heterocycles. The lowest BCUT2D eigenvalue weighted by Crippen LogP contribution is -2.05. The summed E-state index contributed by atoms with van der Waals surface area (Å²) in [5.41, 5.74) is 8.01. The van der Waals surface area contributed by atoms with Crippen LogP contribution < -0.4 is 19.9 Å². The summed E-state index contributed by atoms with van der Waals surface area (Å²) in [4.78, 5) is 11.9. The molecule has 0 heterocycles. The van der Waals surface area contributed by atoms with Gasteiger partial charge < -0.3 is 29.8 Å². The molecule has 0 saturated carbocycles. The number of nitrogens with two attached hydrogens (primary N) is 1. The molecule has 0 fully saturated rings. The van der Waals surface area contributed by atoms with E-state index >= 15 is 0 Å². The Hall–Kier alpha value is -3.35. The molecule has 28 heavy (non-hydrogen) atoms. The number of phenols is 1. The third-order valence-electron chi connectivity index (χ3n) is 3.93. The molecule has 0 aliphatic rings. The van der Waals surface area contributed by atoms with Crippen molar-refractivity contribution in [3.05, 3.63) is 47.5 Å². The van der Waals surface area contributed by atoms with Crippen molar-refractivity contribution in [2.24, 2.45) is 0 Å². The Kier molecular flexibility index (Phi) is 7.56. The molecule has 2 aromatic rings. The smallest absolute Gasteiger partial charge is 0.330 e. The Bertz CT molecular complexity index is 822. The van der Waals surface area contributed by atoms with Crippen molar-refractivity contribution < 1.29 is 28.8 Å². The van der Waals surface area contributed by atoms with Crippen LogP contribution in [0.4, 0.5) is 5.69 Å². The molecule has 2 aromatic carbocycles. The van der Waals surface area contributed by atoms with Gasteiger partial charge in [0.2, 0.25) is 5.75 Å². The largest absolute Gasteiger partial charge is 0.502 e. The van der Waals surface area contributed by atoms with Crippen LogP contribution in [0.3, 0.4) is 0 Å². The van der Waals surface area contributed by atoms with Gasteiger partial charge in [0, 0.05) is 12.5 Å². The van der Waals surface area contributed by atoms with E-state index in [-0.39, 0.29) is 23.9 Å². The molecule has 0 saturated heterocycles. The van der Waals surface area contributed by atoms with Gasteiger partial charge in [-0.3, -0.25) is 0 Å². The van der Waals surface area contributed by atoms with Crippen molar-refractivity contribution >= 4 is 17.7 Å². The third-order valence-corrected chi connectivity index (χ3v) is 3.93. The first kappa shape index (κ1) is 21.0. The molecule has 3 N–H and O–H groups in total. The maximum atomic E-state index is 11.9. The van der Waals surface area contributed by atoms with Crippen LogP contribution in [0.25, 0.3) is 6.08 Å². The quantitative estimate of drug-likeness (QED) is 0.387. The highest BCUT2D eigenvalue weighted by atomic mass is 16.5. The van der Waals surface area contributed by atoms with Crippen LogP contribution in [0.15, 0.2) is 36.4 Å². The van der Waals surface area contributed by atoms with E-state index in [9.17, 15) is 9.90 Å². The molecule has 0 unspecified atom stereocenters. The Morgan fingerprint density at radius 3 is 2.39 bits per heavy atom. The van der Waals surface area contributed by atoms with Crippen LogP contribution in [-0.4, -0.2) is 38.5 Å². The van der Waals surface area contributed by atoms with E-state index in [0.717, 1.165) is 5.56 Å². The average Bonchev–Trinajstić information content (AvgIpc) is 2.69. The lowest BCUT2D eigenvalue weighted by Gasteiger charge is -2.10. The highest BCUT2D eigenvalue weighted by Crippen LogP contribution is 2.37. The molecule has 0 radical (unpaired) electrons. The molecule has 0 aliphatic carbocycles. The second-order valence-corrected chi connectivity index (χ2v) is 5.83. The maximum absolute atomic E-state index is 11.9. The topological polar surface area (TPSA) is 100 Å². The zero-order valence-electron chi connectivity index (χ0n) is 16.2. The fourth-order valence-electron chi connectivity index (χ4n) is 2.51. The Labute approximate surface area is 164 Å². The number of carbonyl (C=O) groups excluding carboxylic acids is 1. The molecular weight excluding hydrogens is 362 g/mol. The fourth-order valence-corrected chi connectivity index (χ4v) is 2.51. The molecule has 0 atom stereocenters. The normalized spacial score (nSPS) is 10.7. The van der Waals surface area contributed by atoms with Gasteiger partial charge >= 0.3 is 5.97 Å². The van der Waals surface area contributed by atoms with Crippen molar-refractivity contribution in [1.29, 1.82) is 0 Å². The Balaban J connectivity index is 1.93. The van der Waals surface area contributed by atoms with Gasteiger partial charge in [0.1, 0.15) is 5.75 Å². The van der Waals surface area contributed by atoms with Gasteiger partial charge in [-0.2, -0.15) is 0 Å². The second kappa shape index (κ2) is 10.1. The van der Waals surface area contributed by atoms with Crippen molar-refractivity contribution in [3.8, 4) is 23.0 Å². The van der Waals surface area contributed by atoms with Crippen molar-refractivity contribution in [3.63, 3.8) is 0 Å². The van der Waals surface area contributed by atoms with Crippen LogP contribution in [0.5, 0.6) is 23.0 Å². The van der Waals surface area contributed by atoms with Crippen LogP contribution in [-0.2, 0) is 16.0 Å². The highest BCUT2D eigenvalue weighted by molar-refractivity contribution is 5.87. The van der Waals surface area contributed by atoms with Gasteiger partial charge in [-0.15, -0.1) is 0 Å². The first-order valence-electron chi connectivity index (χ1n) is 8.79.